The van der Waals surface area contributed by atoms with Crippen molar-refractivity contribution in [1.29, 1.82) is 0 Å². The van der Waals surface area contributed by atoms with Crippen LogP contribution in [0.5, 0.6) is 0 Å². The highest BCUT2D eigenvalue weighted by atomic mass is 35.5. The third-order valence-electron chi connectivity index (χ3n) is 4.33. The van der Waals surface area contributed by atoms with E-state index in [0.29, 0.717) is 45.3 Å². The van der Waals surface area contributed by atoms with Gasteiger partial charge in [0.2, 0.25) is 5.95 Å². The molecule has 0 saturated carbocycles. The molecule has 1 amide bonds. The summed E-state index contributed by atoms with van der Waals surface area (Å²) in [6.45, 7) is 7.45. The Morgan fingerprint density at radius 1 is 1.19 bits per heavy atom. The van der Waals surface area contributed by atoms with Crippen LogP contribution in [0.4, 0.5) is 16.6 Å². The van der Waals surface area contributed by atoms with Crippen LogP contribution in [0.25, 0.3) is 0 Å². The standard InChI is InChI=1S/C19H24ClN5O2/c1-3-27-19(26)25-10-8-24(9-11-25)17-12-14(2)22-18(23-17)21-13-15-4-6-16(20)7-5-15/h4-7,12H,3,8-11,13H2,1-2H3,(H,21,22,23). The largest absolute Gasteiger partial charge is 0.450 e. The maximum Gasteiger partial charge on any atom is 0.409 e. The highest BCUT2D eigenvalue weighted by molar-refractivity contribution is 6.30. The molecule has 1 aromatic heterocycles. The van der Waals surface area contributed by atoms with Gasteiger partial charge in [0.25, 0.3) is 0 Å². The first-order valence-corrected chi connectivity index (χ1v) is 9.43. The summed E-state index contributed by atoms with van der Waals surface area (Å²) in [4.78, 5) is 24.8. The third-order valence-corrected chi connectivity index (χ3v) is 4.59. The lowest BCUT2D eigenvalue weighted by Gasteiger charge is -2.34. The van der Waals surface area contributed by atoms with Gasteiger partial charge in [-0.3, -0.25) is 0 Å². The molecule has 1 N–H and O–H groups in total. The number of nitrogens with one attached hydrogen (secondary N) is 1. The minimum Gasteiger partial charge on any atom is -0.450 e. The molecular weight excluding hydrogens is 366 g/mol. The van der Waals surface area contributed by atoms with Crippen molar-refractivity contribution >= 4 is 29.5 Å². The summed E-state index contributed by atoms with van der Waals surface area (Å²) in [7, 11) is 0. The van der Waals surface area contributed by atoms with Crippen LogP contribution in [0, 0.1) is 6.92 Å². The molecule has 0 bridgehead atoms. The van der Waals surface area contributed by atoms with Gasteiger partial charge in [0.15, 0.2) is 0 Å². The molecule has 1 aromatic carbocycles. The molecular formula is C19H24ClN5O2. The summed E-state index contributed by atoms with van der Waals surface area (Å²) >= 11 is 5.92. The van der Waals surface area contributed by atoms with Crippen molar-refractivity contribution in [2.45, 2.75) is 20.4 Å². The number of aryl methyl sites for hydroxylation is 1. The fourth-order valence-electron chi connectivity index (χ4n) is 2.91. The number of benzene rings is 1. The number of aromatic nitrogens is 2. The number of piperazine rings is 1. The number of hydrogen-bond donors (Lipinski definition) is 1. The van der Waals surface area contributed by atoms with Crippen molar-refractivity contribution in [2.24, 2.45) is 0 Å². The number of carbonyl (C=O) groups is 1. The normalized spacial score (nSPS) is 14.2. The van der Waals surface area contributed by atoms with Crippen LogP contribution in [-0.2, 0) is 11.3 Å². The zero-order valence-corrected chi connectivity index (χ0v) is 16.4. The summed E-state index contributed by atoms with van der Waals surface area (Å²) in [6.07, 6.45) is -0.249. The van der Waals surface area contributed by atoms with Gasteiger partial charge in [0, 0.05) is 49.5 Å². The maximum absolute atomic E-state index is 11.8. The molecule has 1 fully saturated rings. The van der Waals surface area contributed by atoms with Gasteiger partial charge < -0.3 is 19.9 Å². The van der Waals surface area contributed by atoms with E-state index in [2.05, 4.69) is 20.2 Å². The molecule has 3 rings (SSSR count). The van der Waals surface area contributed by atoms with Crippen LogP contribution in [0.1, 0.15) is 18.2 Å². The number of hydrogen-bond acceptors (Lipinski definition) is 6. The number of carbonyl (C=O) groups excluding carboxylic acids is 1. The first kappa shape index (κ1) is 19.2. The molecule has 2 aromatic rings. The quantitative estimate of drug-likeness (QED) is 0.845. The zero-order chi connectivity index (χ0) is 19.2. The van der Waals surface area contributed by atoms with Crippen LogP contribution >= 0.6 is 11.6 Å². The van der Waals surface area contributed by atoms with Gasteiger partial charge in [-0.15, -0.1) is 0 Å². The molecule has 0 unspecified atom stereocenters. The maximum atomic E-state index is 11.8. The van der Waals surface area contributed by atoms with Crippen molar-refractivity contribution in [1.82, 2.24) is 14.9 Å². The minimum atomic E-state index is -0.249. The highest BCUT2D eigenvalue weighted by Gasteiger charge is 2.23. The summed E-state index contributed by atoms with van der Waals surface area (Å²) in [5.74, 6) is 1.46. The monoisotopic (exact) mass is 389 g/mol. The van der Waals surface area contributed by atoms with Gasteiger partial charge in [0.05, 0.1) is 6.61 Å². The Labute approximate surface area is 164 Å². The van der Waals surface area contributed by atoms with Crippen molar-refractivity contribution in [2.75, 3.05) is 43.0 Å². The second-order valence-corrected chi connectivity index (χ2v) is 6.78. The molecule has 8 heteroatoms. The number of rotatable bonds is 5. The molecule has 1 aliphatic rings. The van der Waals surface area contributed by atoms with E-state index in [0.717, 1.165) is 22.1 Å². The first-order valence-electron chi connectivity index (χ1n) is 9.06. The fourth-order valence-corrected chi connectivity index (χ4v) is 3.04. The van der Waals surface area contributed by atoms with E-state index in [1.165, 1.54) is 0 Å². The summed E-state index contributed by atoms with van der Waals surface area (Å²) in [6, 6.07) is 9.64. The van der Waals surface area contributed by atoms with E-state index < -0.39 is 0 Å². The van der Waals surface area contributed by atoms with E-state index >= 15 is 0 Å². The molecule has 2 heterocycles. The van der Waals surface area contributed by atoms with Crippen LogP contribution in [-0.4, -0.2) is 53.7 Å². The Kier molecular flexibility index (Phi) is 6.34. The Morgan fingerprint density at radius 2 is 1.89 bits per heavy atom. The molecule has 0 aliphatic carbocycles. The molecule has 1 saturated heterocycles. The first-order chi connectivity index (χ1) is 13.0. The highest BCUT2D eigenvalue weighted by Crippen LogP contribution is 2.18. The molecule has 1 aliphatic heterocycles. The molecule has 27 heavy (non-hydrogen) atoms. The van der Waals surface area contributed by atoms with Gasteiger partial charge in [-0.2, -0.15) is 4.98 Å². The van der Waals surface area contributed by atoms with E-state index in [9.17, 15) is 4.79 Å². The molecule has 0 radical (unpaired) electrons. The van der Waals surface area contributed by atoms with Crippen molar-refractivity contribution in [3.63, 3.8) is 0 Å². The molecule has 0 atom stereocenters. The van der Waals surface area contributed by atoms with E-state index in [4.69, 9.17) is 16.3 Å². The Morgan fingerprint density at radius 3 is 2.56 bits per heavy atom. The summed E-state index contributed by atoms with van der Waals surface area (Å²) < 4.78 is 5.07. The second kappa shape index (κ2) is 8.90. The Balaban J connectivity index is 1.62. The average Bonchev–Trinajstić information content (AvgIpc) is 2.67. The van der Waals surface area contributed by atoms with Gasteiger partial charge in [0.1, 0.15) is 5.82 Å². The Hall–Kier alpha value is -2.54. The van der Waals surface area contributed by atoms with Crippen molar-refractivity contribution < 1.29 is 9.53 Å². The van der Waals surface area contributed by atoms with E-state index in [-0.39, 0.29) is 6.09 Å². The summed E-state index contributed by atoms with van der Waals surface area (Å²) in [5, 5.41) is 3.99. The van der Waals surface area contributed by atoms with Crippen molar-refractivity contribution in [3.8, 4) is 0 Å². The number of amides is 1. The fraction of sp³-hybridized carbons (Fsp3) is 0.421. The number of ether oxygens (including phenoxy) is 1. The van der Waals surface area contributed by atoms with Crippen molar-refractivity contribution in [3.05, 3.63) is 46.6 Å². The predicted octanol–water partition coefficient (Wildman–Crippen LogP) is 3.33. The lowest BCUT2D eigenvalue weighted by atomic mass is 10.2. The minimum absolute atomic E-state index is 0.249. The lowest BCUT2D eigenvalue weighted by Crippen LogP contribution is -2.49. The number of nitrogens with zero attached hydrogens (tertiary/aromatic N) is 4. The molecule has 7 nitrogen and oxygen atoms in total. The van der Waals surface area contributed by atoms with Crippen LogP contribution in [0.2, 0.25) is 5.02 Å². The third kappa shape index (κ3) is 5.23. The number of halogens is 1. The van der Waals surface area contributed by atoms with E-state index in [1.807, 2.05) is 44.2 Å². The van der Waals surface area contributed by atoms with Crippen LogP contribution < -0.4 is 10.2 Å². The van der Waals surface area contributed by atoms with Gasteiger partial charge in [-0.1, -0.05) is 23.7 Å². The van der Waals surface area contributed by atoms with Crippen LogP contribution in [0.3, 0.4) is 0 Å². The van der Waals surface area contributed by atoms with Gasteiger partial charge in [-0.05, 0) is 31.5 Å². The smallest absolute Gasteiger partial charge is 0.409 e. The Bertz CT molecular complexity index is 776. The SMILES string of the molecule is CCOC(=O)N1CCN(c2cc(C)nc(NCc3ccc(Cl)cc3)n2)CC1. The molecule has 144 valence electrons. The average molecular weight is 390 g/mol. The molecule has 0 spiro atoms. The lowest BCUT2D eigenvalue weighted by molar-refractivity contribution is 0.105. The topological polar surface area (TPSA) is 70.6 Å². The van der Waals surface area contributed by atoms with Gasteiger partial charge >= 0.3 is 6.09 Å². The number of anilines is 2. The predicted molar refractivity (Wildman–Crippen MR) is 106 cm³/mol. The zero-order valence-electron chi connectivity index (χ0n) is 15.6. The van der Waals surface area contributed by atoms with E-state index in [1.54, 1.807) is 4.90 Å². The van der Waals surface area contributed by atoms with Crippen LogP contribution in [0.15, 0.2) is 30.3 Å². The van der Waals surface area contributed by atoms with Gasteiger partial charge in [-0.25, -0.2) is 9.78 Å². The summed E-state index contributed by atoms with van der Waals surface area (Å²) in [5.41, 5.74) is 2.00. The second-order valence-electron chi connectivity index (χ2n) is 6.34.